The molecule has 1 aliphatic carbocycles. The molecule has 170 valence electrons. The van der Waals surface area contributed by atoms with Crippen LogP contribution in [0.4, 0.5) is 11.4 Å². The molecular weight excluding hydrogens is 446 g/mol. The average molecular weight is 470 g/mol. The molecule has 0 spiro atoms. The summed E-state index contributed by atoms with van der Waals surface area (Å²) in [5, 5.41) is 16.3. The topological polar surface area (TPSA) is 77.3 Å². The van der Waals surface area contributed by atoms with Crippen LogP contribution in [0.1, 0.15) is 35.1 Å². The number of nitro benzene ring substituents is 1. The van der Waals surface area contributed by atoms with Crippen molar-refractivity contribution in [3.8, 4) is 16.3 Å². The number of ether oxygens (including phenoxy) is 1. The summed E-state index contributed by atoms with van der Waals surface area (Å²) in [7, 11) is 1.46. The zero-order valence-corrected chi connectivity index (χ0v) is 19.6. The fraction of sp³-hybridized carbons (Fsp3) is 0.222. The number of rotatable bonds is 4. The van der Waals surface area contributed by atoms with Crippen molar-refractivity contribution in [1.82, 2.24) is 4.98 Å². The van der Waals surface area contributed by atoms with E-state index in [0.29, 0.717) is 0 Å². The average Bonchev–Trinajstić information content (AvgIpc) is 3.50. The monoisotopic (exact) mass is 469 g/mol. The first-order valence-electron chi connectivity index (χ1n) is 11.3. The molecule has 0 bridgehead atoms. The number of benzene rings is 3. The highest BCUT2D eigenvalue weighted by molar-refractivity contribution is 7.21. The third-order valence-corrected chi connectivity index (χ3v) is 7.98. The van der Waals surface area contributed by atoms with Crippen LogP contribution in [0.3, 0.4) is 0 Å². The highest BCUT2D eigenvalue weighted by Gasteiger charge is 2.38. The molecule has 0 amide bonds. The van der Waals surface area contributed by atoms with Gasteiger partial charge in [-0.3, -0.25) is 10.1 Å². The lowest BCUT2D eigenvalue weighted by Crippen LogP contribution is -2.29. The second-order valence-corrected chi connectivity index (χ2v) is 9.99. The van der Waals surface area contributed by atoms with Gasteiger partial charge in [-0.2, -0.15) is 0 Å². The van der Waals surface area contributed by atoms with E-state index in [9.17, 15) is 10.1 Å². The molecule has 0 fully saturated rings. The highest BCUT2D eigenvalue weighted by Crippen LogP contribution is 2.51. The number of hydrogen-bond donors (Lipinski definition) is 1. The van der Waals surface area contributed by atoms with Gasteiger partial charge in [0, 0.05) is 23.2 Å². The van der Waals surface area contributed by atoms with E-state index in [-0.39, 0.29) is 34.2 Å². The van der Waals surface area contributed by atoms with Gasteiger partial charge in [0.15, 0.2) is 5.75 Å². The van der Waals surface area contributed by atoms with Crippen molar-refractivity contribution >= 4 is 32.9 Å². The molecule has 7 heteroatoms. The van der Waals surface area contributed by atoms with Crippen molar-refractivity contribution in [3.05, 3.63) is 93.6 Å². The van der Waals surface area contributed by atoms with Gasteiger partial charge < -0.3 is 10.1 Å². The van der Waals surface area contributed by atoms with Gasteiger partial charge in [0.1, 0.15) is 5.01 Å². The molecule has 0 saturated carbocycles. The van der Waals surface area contributed by atoms with E-state index in [1.165, 1.54) is 22.9 Å². The number of nitrogens with one attached hydrogen (secondary N) is 1. The highest BCUT2D eigenvalue weighted by atomic mass is 32.1. The number of allylic oxidation sites excluding steroid dienone is 2. The second-order valence-electron chi connectivity index (χ2n) is 8.96. The van der Waals surface area contributed by atoms with E-state index in [0.717, 1.165) is 33.8 Å². The summed E-state index contributed by atoms with van der Waals surface area (Å²) in [6.45, 7) is 2.10. The molecule has 1 aliphatic heterocycles. The van der Waals surface area contributed by atoms with Crippen LogP contribution < -0.4 is 10.1 Å². The molecule has 2 heterocycles. The first-order chi connectivity index (χ1) is 16.5. The lowest BCUT2D eigenvalue weighted by Gasteiger charge is -2.37. The summed E-state index contributed by atoms with van der Waals surface area (Å²) in [5.41, 5.74) is 6.61. The third-order valence-electron chi connectivity index (χ3n) is 6.91. The standard InChI is InChI=1S/C27H23N3O3S/c1-15-6-9-22-25(12-15)34-27(29-22)17-7-10-21-20(13-17)18-4-3-5-19(18)26(28-21)16-8-11-24(33-2)23(14-16)30(31)32/h3-4,6-14,18-19,26,28H,5H2,1-2H3/t18-,19+,26+/m1/s1. The van der Waals surface area contributed by atoms with Crippen LogP contribution in [0, 0.1) is 23.0 Å². The molecule has 0 radical (unpaired) electrons. The van der Waals surface area contributed by atoms with Crippen LogP contribution >= 0.6 is 11.3 Å². The van der Waals surface area contributed by atoms with E-state index >= 15 is 0 Å². The summed E-state index contributed by atoms with van der Waals surface area (Å²) in [4.78, 5) is 16.1. The maximum atomic E-state index is 11.6. The molecule has 2 aliphatic rings. The molecule has 3 aromatic carbocycles. The smallest absolute Gasteiger partial charge is 0.311 e. The van der Waals surface area contributed by atoms with E-state index in [1.54, 1.807) is 23.5 Å². The molecule has 6 nitrogen and oxygen atoms in total. The molecule has 1 N–H and O–H groups in total. The SMILES string of the molecule is COc1ccc([C@@H]2Nc3ccc(-c4nc5ccc(C)cc5s4)cc3[C@@H]3C=CC[C@@H]32)cc1[N+](=O)[O-]. The van der Waals surface area contributed by atoms with Crippen molar-refractivity contribution in [2.75, 3.05) is 12.4 Å². The number of hydrogen-bond acceptors (Lipinski definition) is 6. The Balaban J connectivity index is 1.39. The summed E-state index contributed by atoms with van der Waals surface area (Å²) in [6.07, 6.45) is 5.43. The minimum Gasteiger partial charge on any atom is -0.490 e. The minimum atomic E-state index is -0.380. The van der Waals surface area contributed by atoms with E-state index in [1.807, 2.05) is 6.07 Å². The van der Waals surface area contributed by atoms with Crippen molar-refractivity contribution in [1.29, 1.82) is 0 Å². The van der Waals surface area contributed by atoms with Gasteiger partial charge >= 0.3 is 5.69 Å². The fourth-order valence-electron chi connectivity index (χ4n) is 5.26. The van der Waals surface area contributed by atoms with Gasteiger partial charge in [-0.15, -0.1) is 11.3 Å². The van der Waals surface area contributed by atoms with E-state index < -0.39 is 0 Å². The maximum Gasteiger partial charge on any atom is 0.311 e. The van der Waals surface area contributed by atoms with Gasteiger partial charge in [-0.25, -0.2) is 4.98 Å². The number of nitro groups is 1. The summed E-state index contributed by atoms with van der Waals surface area (Å²) >= 11 is 1.72. The van der Waals surface area contributed by atoms with Crippen molar-refractivity contribution in [2.45, 2.75) is 25.3 Å². The van der Waals surface area contributed by atoms with Crippen LogP contribution in [0.25, 0.3) is 20.8 Å². The Hall–Kier alpha value is -3.71. The van der Waals surface area contributed by atoms with E-state index in [4.69, 9.17) is 9.72 Å². The fourth-order valence-corrected chi connectivity index (χ4v) is 6.32. The number of anilines is 1. The van der Waals surface area contributed by atoms with Crippen molar-refractivity contribution in [3.63, 3.8) is 0 Å². The van der Waals surface area contributed by atoms with Crippen LogP contribution in [-0.4, -0.2) is 17.0 Å². The zero-order chi connectivity index (χ0) is 23.4. The Labute approximate surface area is 201 Å². The Morgan fingerprint density at radius 3 is 2.85 bits per heavy atom. The Morgan fingerprint density at radius 1 is 1.15 bits per heavy atom. The largest absolute Gasteiger partial charge is 0.490 e. The zero-order valence-electron chi connectivity index (χ0n) is 18.8. The lowest BCUT2D eigenvalue weighted by molar-refractivity contribution is -0.385. The number of fused-ring (bicyclic) bond motifs is 4. The predicted molar refractivity (Wildman–Crippen MR) is 136 cm³/mol. The Bertz CT molecular complexity index is 1480. The molecule has 6 rings (SSSR count). The number of aromatic nitrogens is 1. The van der Waals surface area contributed by atoms with Crippen LogP contribution in [-0.2, 0) is 0 Å². The molecule has 3 atom stereocenters. The number of thiazole rings is 1. The van der Waals surface area contributed by atoms with Gasteiger partial charge in [-0.1, -0.05) is 24.3 Å². The molecule has 0 saturated heterocycles. The maximum absolute atomic E-state index is 11.6. The van der Waals surface area contributed by atoms with E-state index in [2.05, 4.69) is 60.8 Å². The third kappa shape index (κ3) is 3.35. The quantitative estimate of drug-likeness (QED) is 0.197. The molecule has 4 aromatic rings. The minimum absolute atomic E-state index is 0.00322. The normalized spacial score (nSPS) is 20.6. The van der Waals surface area contributed by atoms with Crippen LogP contribution in [0.15, 0.2) is 66.7 Å². The molecule has 1 aromatic heterocycles. The summed E-state index contributed by atoms with van der Waals surface area (Å²) in [5.74, 6) is 0.814. The first-order valence-corrected chi connectivity index (χ1v) is 12.1. The second kappa shape index (κ2) is 7.95. The van der Waals surface area contributed by atoms with Crippen molar-refractivity contribution in [2.24, 2.45) is 5.92 Å². The first kappa shape index (κ1) is 20.9. The van der Waals surface area contributed by atoms with Gasteiger partial charge in [-0.05, 0) is 72.4 Å². The Morgan fingerprint density at radius 2 is 2.03 bits per heavy atom. The predicted octanol–water partition coefficient (Wildman–Crippen LogP) is 7.02. The Kier molecular flexibility index (Phi) is 4.88. The number of aryl methyl sites for hydroxylation is 1. The lowest BCUT2D eigenvalue weighted by atomic mass is 9.76. The van der Waals surface area contributed by atoms with Crippen LogP contribution in [0.5, 0.6) is 5.75 Å². The van der Waals surface area contributed by atoms with Gasteiger partial charge in [0.2, 0.25) is 0 Å². The van der Waals surface area contributed by atoms with Crippen LogP contribution in [0.2, 0.25) is 0 Å². The summed E-state index contributed by atoms with van der Waals surface area (Å²) in [6, 6.07) is 18.1. The molecular formula is C27H23N3O3S. The van der Waals surface area contributed by atoms with Crippen molar-refractivity contribution < 1.29 is 9.66 Å². The molecule has 34 heavy (non-hydrogen) atoms. The van der Waals surface area contributed by atoms with Gasteiger partial charge in [0.25, 0.3) is 0 Å². The number of nitrogens with zero attached hydrogens (tertiary/aromatic N) is 2. The van der Waals surface area contributed by atoms with Gasteiger partial charge in [0.05, 0.1) is 28.3 Å². The molecule has 0 unspecified atom stereocenters. The summed E-state index contributed by atoms with van der Waals surface area (Å²) < 4.78 is 6.40. The number of methoxy groups -OCH3 is 1.